The Morgan fingerprint density at radius 3 is 3.08 bits per heavy atom. The summed E-state index contributed by atoms with van der Waals surface area (Å²) in [4.78, 5) is 10.8. The highest BCUT2D eigenvalue weighted by Gasteiger charge is 2.23. The number of hydrogen-bond donors (Lipinski definition) is 1. The molecule has 0 aromatic rings. The molecule has 0 saturated carbocycles. The monoisotopic (exact) mass is 190 g/mol. The summed E-state index contributed by atoms with van der Waals surface area (Å²) in [7, 11) is 1.30. The van der Waals surface area contributed by atoms with Crippen molar-refractivity contribution in [3.63, 3.8) is 0 Å². The van der Waals surface area contributed by atoms with Gasteiger partial charge in [0.1, 0.15) is 0 Å². The SMILES string of the molecule is COC(=O)C(O)CC1CCSC1. The highest BCUT2D eigenvalue weighted by atomic mass is 32.2. The summed E-state index contributed by atoms with van der Waals surface area (Å²) in [6.07, 6.45) is 0.747. The fraction of sp³-hybridized carbons (Fsp3) is 0.875. The lowest BCUT2D eigenvalue weighted by Gasteiger charge is -2.12. The number of aliphatic hydroxyl groups is 1. The number of esters is 1. The topological polar surface area (TPSA) is 46.5 Å². The first-order valence-electron chi connectivity index (χ1n) is 4.07. The second-order valence-electron chi connectivity index (χ2n) is 3.00. The Morgan fingerprint density at radius 2 is 2.58 bits per heavy atom. The summed E-state index contributed by atoms with van der Waals surface area (Å²) < 4.78 is 4.43. The minimum absolute atomic E-state index is 0.490. The summed E-state index contributed by atoms with van der Waals surface area (Å²) in [5, 5.41) is 9.29. The number of hydrogen-bond acceptors (Lipinski definition) is 4. The van der Waals surface area contributed by atoms with Gasteiger partial charge in [-0.15, -0.1) is 0 Å². The van der Waals surface area contributed by atoms with Gasteiger partial charge < -0.3 is 9.84 Å². The normalized spacial score (nSPS) is 25.3. The molecular weight excluding hydrogens is 176 g/mol. The van der Waals surface area contributed by atoms with Crippen molar-refractivity contribution in [3.05, 3.63) is 0 Å². The van der Waals surface area contributed by atoms with Crippen molar-refractivity contribution in [1.82, 2.24) is 0 Å². The Bertz CT molecular complexity index is 154. The lowest BCUT2D eigenvalue weighted by atomic mass is 10.0. The Balaban J connectivity index is 2.24. The predicted octanol–water partition coefficient (Wildman–Crippen LogP) is 0.663. The molecule has 1 rings (SSSR count). The van der Waals surface area contributed by atoms with Crippen molar-refractivity contribution in [2.45, 2.75) is 18.9 Å². The Labute approximate surface area is 76.5 Å². The molecule has 3 nitrogen and oxygen atoms in total. The van der Waals surface area contributed by atoms with Crippen LogP contribution in [0.4, 0.5) is 0 Å². The van der Waals surface area contributed by atoms with Crippen LogP contribution in [0.3, 0.4) is 0 Å². The van der Waals surface area contributed by atoms with Gasteiger partial charge in [-0.1, -0.05) is 0 Å². The molecule has 1 heterocycles. The largest absolute Gasteiger partial charge is 0.467 e. The molecule has 0 amide bonds. The van der Waals surface area contributed by atoms with E-state index in [1.807, 2.05) is 11.8 Å². The van der Waals surface area contributed by atoms with Crippen molar-refractivity contribution < 1.29 is 14.6 Å². The van der Waals surface area contributed by atoms with E-state index >= 15 is 0 Å². The molecule has 4 heteroatoms. The van der Waals surface area contributed by atoms with Crippen molar-refractivity contribution >= 4 is 17.7 Å². The first-order chi connectivity index (χ1) is 5.74. The Hall–Kier alpha value is -0.220. The Kier molecular flexibility index (Phi) is 3.88. The third-order valence-corrected chi connectivity index (χ3v) is 3.29. The molecule has 0 bridgehead atoms. The van der Waals surface area contributed by atoms with E-state index in [9.17, 15) is 9.90 Å². The van der Waals surface area contributed by atoms with E-state index in [1.165, 1.54) is 7.11 Å². The van der Waals surface area contributed by atoms with E-state index in [2.05, 4.69) is 4.74 Å². The van der Waals surface area contributed by atoms with Crippen LogP contribution in [-0.2, 0) is 9.53 Å². The van der Waals surface area contributed by atoms with Gasteiger partial charge in [0.25, 0.3) is 0 Å². The van der Waals surface area contributed by atoms with Gasteiger partial charge in [0.05, 0.1) is 7.11 Å². The van der Waals surface area contributed by atoms with Crippen LogP contribution in [0.1, 0.15) is 12.8 Å². The van der Waals surface area contributed by atoms with Gasteiger partial charge in [-0.2, -0.15) is 11.8 Å². The molecule has 0 radical (unpaired) electrons. The number of aliphatic hydroxyl groups excluding tert-OH is 1. The van der Waals surface area contributed by atoms with E-state index in [0.29, 0.717) is 12.3 Å². The third kappa shape index (κ3) is 2.68. The van der Waals surface area contributed by atoms with Crippen LogP contribution < -0.4 is 0 Å². The second-order valence-corrected chi connectivity index (χ2v) is 4.15. The van der Waals surface area contributed by atoms with Crippen molar-refractivity contribution in [2.24, 2.45) is 5.92 Å². The summed E-state index contributed by atoms with van der Waals surface area (Å²) in [5.41, 5.74) is 0. The zero-order valence-corrected chi connectivity index (χ0v) is 7.97. The van der Waals surface area contributed by atoms with Crippen molar-refractivity contribution in [3.8, 4) is 0 Å². The molecule has 1 fully saturated rings. The first kappa shape index (κ1) is 9.86. The molecule has 0 aromatic heterocycles. The van der Waals surface area contributed by atoms with Gasteiger partial charge in [0.15, 0.2) is 6.10 Å². The fourth-order valence-corrected chi connectivity index (χ4v) is 2.62. The molecule has 2 unspecified atom stereocenters. The number of carbonyl (C=O) groups is 1. The minimum atomic E-state index is -0.918. The van der Waals surface area contributed by atoms with Crippen LogP contribution in [0.2, 0.25) is 0 Å². The molecule has 1 aliphatic rings. The maximum Gasteiger partial charge on any atom is 0.334 e. The average Bonchev–Trinajstić information content (AvgIpc) is 2.55. The number of rotatable bonds is 3. The van der Waals surface area contributed by atoms with Crippen LogP contribution in [-0.4, -0.2) is 35.8 Å². The molecule has 2 atom stereocenters. The number of carbonyl (C=O) groups excluding carboxylic acids is 1. The summed E-state index contributed by atoms with van der Waals surface area (Å²) in [6.45, 7) is 0. The second kappa shape index (κ2) is 4.72. The quantitative estimate of drug-likeness (QED) is 0.664. The maximum absolute atomic E-state index is 10.8. The minimum Gasteiger partial charge on any atom is -0.467 e. The highest BCUT2D eigenvalue weighted by molar-refractivity contribution is 7.99. The van der Waals surface area contributed by atoms with E-state index in [4.69, 9.17) is 0 Å². The van der Waals surface area contributed by atoms with Crippen LogP contribution >= 0.6 is 11.8 Å². The molecule has 12 heavy (non-hydrogen) atoms. The van der Waals surface area contributed by atoms with Gasteiger partial charge in [-0.3, -0.25) is 0 Å². The lowest BCUT2D eigenvalue weighted by Crippen LogP contribution is -2.24. The summed E-state index contributed by atoms with van der Waals surface area (Å²) in [5.74, 6) is 2.20. The van der Waals surface area contributed by atoms with Gasteiger partial charge in [0, 0.05) is 0 Å². The number of ether oxygens (including phenoxy) is 1. The van der Waals surface area contributed by atoms with Crippen LogP contribution in [0.5, 0.6) is 0 Å². The summed E-state index contributed by atoms with van der Waals surface area (Å²) >= 11 is 1.88. The van der Waals surface area contributed by atoms with Gasteiger partial charge in [-0.05, 0) is 30.3 Å². The van der Waals surface area contributed by atoms with Crippen LogP contribution in [0.25, 0.3) is 0 Å². The van der Waals surface area contributed by atoms with Crippen molar-refractivity contribution in [1.29, 1.82) is 0 Å². The first-order valence-corrected chi connectivity index (χ1v) is 5.23. The van der Waals surface area contributed by atoms with Gasteiger partial charge in [-0.25, -0.2) is 4.79 Å². The van der Waals surface area contributed by atoms with E-state index in [1.54, 1.807) is 0 Å². The lowest BCUT2D eigenvalue weighted by molar-refractivity contribution is -0.151. The number of methoxy groups -OCH3 is 1. The van der Waals surface area contributed by atoms with E-state index in [0.717, 1.165) is 17.9 Å². The van der Waals surface area contributed by atoms with E-state index < -0.39 is 12.1 Å². The molecule has 0 spiro atoms. The fourth-order valence-electron chi connectivity index (χ4n) is 1.32. The zero-order valence-electron chi connectivity index (χ0n) is 7.16. The third-order valence-electron chi connectivity index (χ3n) is 2.05. The van der Waals surface area contributed by atoms with Gasteiger partial charge >= 0.3 is 5.97 Å². The van der Waals surface area contributed by atoms with Crippen LogP contribution in [0, 0.1) is 5.92 Å². The molecular formula is C8H14O3S. The zero-order chi connectivity index (χ0) is 8.97. The molecule has 0 aliphatic carbocycles. The average molecular weight is 190 g/mol. The van der Waals surface area contributed by atoms with Crippen LogP contribution in [0.15, 0.2) is 0 Å². The predicted molar refractivity (Wildman–Crippen MR) is 48.1 cm³/mol. The molecule has 1 saturated heterocycles. The van der Waals surface area contributed by atoms with Gasteiger partial charge in [0.2, 0.25) is 0 Å². The van der Waals surface area contributed by atoms with Crippen molar-refractivity contribution in [2.75, 3.05) is 18.6 Å². The highest BCUT2D eigenvalue weighted by Crippen LogP contribution is 2.27. The molecule has 1 N–H and O–H groups in total. The maximum atomic E-state index is 10.8. The molecule has 0 aromatic carbocycles. The Morgan fingerprint density at radius 1 is 1.83 bits per heavy atom. The number of thioether (sulfide) groups is 1. The molecule has 1 aliphatic heterocycles. The summed E-state index contributed by atoms with van der Waals surface area (Å²) in [6, 6.07) is 0. The van der Waals surface area contributed by atoms with E-state index in [-0.39, 0.29) is 0 Å². The smallest absolute Gasteiger partial charge is 0.334 e. The molecule has 70 valence electrons. The standard InChI is InChI=1S/C8H14O3S/c1-11-8(10)7(9)4-6-2-3-12-5-6/h6-7,9H,2-5H2,1H3.